The van der Waals surface area contributed by atoms with E-state index in [0.717, 1.165) is 5.56 Å². The van der Waals surface area contributed by atoms with E-state index in [2.05, 4.69) is 4.98 Å². The van der Waals surface area contributed by atoms with Crippen LogP contribution in [0.2, 0.25) is 0 Å². The molecule has 0 fully saturated rings. The Morgan fingerprint density at radius 3 is 2.47 bits per heavy atom. The van der Waals surface area contributed by atoms with E-state index in [-0.39, 0.29) is 12.4 Å². The number of alkyl halides is 4. The highest BCUT2D eigenvalue weighted by atomic mass is 35.5. The topological polar surface area (TPSA) is 16.1 Å². The first-order valence-corrected chi connectivity index (χ1v) is 5.74. The Hall–Kier alpha value is -0.970. The summed E-state index contributed by atoms with van der Waals surface area (Å²) in [6.45, 7) is 2.65. The summed E-state index contributed by atoms with van der Waals surface area (Å²) in [6.07, 6.45) is -4.23. The molecule has 2 nitrogen and oxygen atoms in total. The van der Waals surface area contributed by atoms with Gasteiger partial charge in [-0.1, -0.05) is 0 Å². The SMILES string of the molecule is CCN(CC(F)(F)F)c1cc(CCl)cc(C)n1. The van der Waals surface area contributed by atoms with Crippen LogP contribution in [0.15, 0.2) is 12.1 Å². The molecule has 1 aromatic rings. The van der Waals surface area contributed by atoms with Gasteiger partial charge in [0.15, 0.2) is 0 Å². The second-order valence-electron chi connectivity index (χ2n) is 3.74. The van der Waals surface area contributed by atoms with Crippen LogP contribution in [0.1, 0.15) is 18.2 Å². The largest absolute Gasteiger partial charge is 0.405 e. The zero-order valence-corrected chi connectivity index (χ0v) is 10.4. The summed E-state index contributed by atoms with van der Waals surface area (Å²) < 4.78 is 37.1. The number of aromatic nitrogens is 1. The van der Waals surface area contributed by atoms with Gasteiger partial charge in [-0.05, 0) is 31.5 Å². The minimum Gasteiger partial charge on any atom is -0.348 e. The van der Waals surface area contributed by atoms with Crippen LogP contribution in [0, 0.1) is 6.92 Å². The lowest BCUT2D eigenvalue weighted by Gasteiger charge is -2.24. The predicted octanol–water partition coefficient (Wildman–Crippen LogP) is 3.52. The molecule has 0 bridgehead atoms. The number of aryl methyl sites for hydroxylation is 1. The monoisotopic (exact) mass is 266 g/mol. The molecule has 0 saturated carbocycles. The smallest absolute Gasteiger partial charge is 0.348 e. The third kappa shape index (κ3) is 4.42. The Bertz CT molecular complexity index is 379. The van der Waals surface area contributed by atoms with Crippen molar-refractivity contribution in [2.45, 2.75) is 25.9 Å². The molecule has 0 aliphatic rings. The van der Waals surface area contributed by atoms with Gasteiger partial charge in [-0.3, -0.25) is 0 Å². The number of rotatable bonds is 4. The van der Waals surface area contributed by atoms with Crippen molar-refractivity contribution in [3.63, 3.8) is 0 Å². The zero-order chi connectivity index (χ0) is 13.1. The van der Waals surface area contributed by atoms with Crippen LogP contribution < -0.4 is 4.90 Å². The average molecular weight is 267 g/mol. The van der Waals surface area contributed by atoms with Gasteiger partial charge in [0, 0.05) is 18.1 Å². The van der Waals surface area contributed by atoms with Crippen molar-refractivity contribution < 1.29 is 13.2 Å². The Balaban J connectivity index is 2.99. The van der Waals surface area contributed by atoms with Crippen LogP contribution in [0.3, 0.4) is 0 Å². The maximum Gasteiger partial charge on any atom is 0.405 e. The molecule has 0 aromatic carbocycles. The molecule has 96 valence electrons. The summed E-state index contributed by atoms with van der Waals surface area (Å²) in [7, 11) is 0. The lowest BCUT2D eigenvalue weighted by atomic mass is 10.2. The van der Waals surface area contributed by atoms with Gasteiger partial charge >= 0.3 is 6.18 Å². The summed E-state index contributed by atoms with van der Waals surface area (Å²) in [4.78, 5) is 5.29. The number of halogens is 4. The van der Waals surface area contributed by atoms with Gasteiger partial charge in [0.1, 0.15) is 12.4 Å². The molecule has 0 aliphatic carbocycles. The van der Waals surface area contributed by atoms with Crippen molar-refractivity contribution in [1.82, 2.24) is 4.98 Å². The normalized spacial score (nSPS) is 11.6. The summed E-state index contributed by atoms with van der Waals surface area (Å²) in [6, 6.07) is 3.35. The van der Waals surface area contributed by atoms with Crippen molar-refractivity contribution in [3.05, 3.63) is 23.4 Å². The van der Waals surface area contributed by atoms with Crippen molar-refractivity contribution in [2.24, 2.45) is 0 Å². The molecule has 0 aliphatic heterocycles. The molecule has 0 atom stereocenters. The Morgan fingerprint density at radius 2 is 2.00 bits per heavy atom. The van der Waals surface area contributed by atoms with Crippen molar-refractivity contribution in [3.8, 4) is 0 Å². The predicted molar refractivity (Wildman–Crippen MR) is 62.5 cm³/mol. The third-order valence-corrected chi connectivity index (χ3v) is 2.54. The van der Waals surface area contributed by atoms with Crippen molar-refractivity contribution >= 4 is 17.4 Å². The fourth-order valence-corrected chi connectivity index (χ4v) is 1.69. The van der Waals surface area contributed by atoms with Gasteiger partial charge in [-0.2, -0.15) is 13.2 Å². The molecule has 6 heteroatoms. The van der Waals surface area contributed by atoms with E-state index in [1.54, 1.807) is 26.0 Å². The summed E-state index contributed by atoms with van der Waals surface area (Å²) in [5, 5.41) is 0. The molecule has 1 aromatic heterocycles. The Kier molecular flexibility index (Phi) is 4.62. The second-order valence-corrected chi connectivity index (χ2v) is 4.01. The van der Waals surface area contributed by atoms with Crippen LogP contribution >= 0.6 is 11.6 Å². The zero-order valence-electron chi connectivity index (χ0n) is 9.68. The second kappa shape index (κ2) is 5.58. The van der Waals surface area contributed by atoms with E-state index in [0.29, 0.717) is 11.5 Å². The quantitative estimate of drug-likeness (QED) is 0.775. The van der Waals surface area contributed by atoms with Crippen molar-refractivity contribution in [2.75, 3.05) is 18.0 Å². The van der Waals surface area contributed by atoms with E-state index in [4.69, 9.17) is 11.6 Å². The van der Waals surface area contributed by atoms with Gasteiger partial charge in [-0.25, -0.2) is 4.98 Å². The molecule has 0 amide bonds. The molecular formula is C11H14ClF3N2. The van der Waals surface area contributed by atoms with Gasteiger partial charge in [-0.15, -0.1) is 11.6 Å². The van der Waals surface area contributed by atoms with Gasteiger partial charge in [0.25, 0.3) is 0 Å². The van der Waals surface area contributed by atoms with Crippen LogP contribution in [0.4, 0.5) is 19.0 Å². The number of pyridine rings is 1. The maximum absolute atomic E-state index is 12.4. The summed E-state index contributed by atoms with van der Waals surface area (Å²) in [5.74, 6) is 0.584. The van der Waals surface area contributed by atoms with E-state index in [1.165, 1.54) is 4.90 Å². The highest BCUT2D eigenvalue weighted by Crippen LogP contribution is 2.22. The fraction of sp³-hybridized carbons (Fsp3) is 0.545. The first kappa shape index (κ1) is 14.1. The number of hydrogen-bond acceptors (Lipinski definition) is 2. The van der Waals surface area contributed by atoms with E-state index >= 15 is 0 Å². The minimum atomic E-state index is -4.23. The summed E-state index contributed by atoms with van der Waals surface area (Å²) in [5.41, 5.74) is 1.44. The first-order valence-electron chi connectivity index (χ1n) is 5.21. The molecule has 17 heavy (non-hydrogen) atoms. The van der Waals surface area contributed by atoms with Crippen LogP contribution in [-0.2, 0) is 5.88 Å². The van der Waals surface area contributed by atoms with Crippen LogP contribution in [0.25, 0.3) is 0 Å². The lowest BCUT2D eigenvalue weighted by Crippen LogP contribution is -2.34. The highest BCUT2D eigenvalue weighted by molar-refractivity contribution is 6.17. The van der Waals surface area contributed by atoms with Gasteiger partial charge < -0.3 is 4.90 Å². The molecule has 0 N–H and O–H groups in total. The van der Waals surface area contributed by atoms with Crippen LogP contribution in [0.5, 0.6) is 0 Å². The number of hydrogen-bond donors (Lipinski definition) is 0. The maximum atomic E-state index is 12.4. The lowest BCUT2D eigenvalue weighted by molar-refractivity contribution is -0.119. The Morgan fingerprint density at radius 1 is 1.35 bits per heavy atom. The Labute approximate surface area is 103 Å². The van der Waals surface area contributed by atoms with E-state index < -0.39 is 12.7 Å². The van der Waals surface area contributed by atoms with E-state index in [1.807, 2.05) is 0 Å². The van der Waals surface area contributed by atoms with Crippen LogP contribution in [-0.4, -0.2) is 24.2 Å². The number of anilines is 1. The third-order valence-electron chi connectivity index (χ3n) is 2.23. The molecule has 0 saturated heterocycles. The molecule has 1 rings (SSSR count). The number of nitrogens with zero attached hydrogens (tertiary/aromatic N) is 2. The molecule has 0 radical (unpaired) electrons. The first-order chi connectivity index (χ1) is 7.85. The fourth-order valence-electron chi connectivity index (χ4n) is 1.53. The average Bonchev–Trinajstić information content (AvgIpc) is 2.23. The van der Waals surface area contributed by atoms with Gasteiger partial charge in [0.05, 0.1) is 0 Å². The summed E-state index contributed by atoms with van der Waals surface area (Å²) >= 11 is 5.68. The van der Waals surface area contributed by atoms with Crippen molar-refractivity contribution in [1.29, 1.82) is 0 Å². The molecule has 0 unspecified atom stereocenters. The van der Waals surface area contributed by atoms with E-state index in [9.17, 15) is 13.2 Å². The van der Waals surface area contributed by atoms with Gasteiger partial charge in [0.2, 0.25) is 0 Å². The molecule has 0 spiro atoms. The standard InChI is InChI=1S/C11H14ClF3N2/c1-3-17(7-11(13,14)15)10-5-9(6-12)4-8(2)16-10/h4-5H,3,6-7H2,1-2H3. The highest BCUT2D eigenvalue weighted by Gasteiger charge is 2.30. The minimum absolute atomic E-state index is 0.248. The molecule has 1 heterocycles. The molecular weight excluding hydrogens is 253 g/mol.